The molecule has 1 aliphatic rings. The molecule has 1 N–H and O–H groups in total. The summed E-state index contributed by atoms with van der Waals surface area (Å²) in [5, 5.41) is 11.8. The highest BCUT2D eigenvalue weighted by atomic mass is 35.5. The number of hydrogen-bond donors (Lipinski definition) is 1. The molecule has 132 valence electrons. The Balaban J connectivity index is 1.68. The van der Waals surface area contributed by atoms with Gasteiger partial charge < -0.3 is 9.80 Å². The fourth-order valence-electron chi connectivity index (χ4n) is 3.53. The number of nitro groups is 1. The van der Waals surface area contributed by atoms with Gasteiger partial charge in [-0.15, -0.1) is 0 Å². The van der Waals surface area contributed by atoms with E-state index in [1.54, 1.807) is 18.2 Å². The summed E-state index contributed by atoms with van der Waals surface area (Å²) < 4.78 is 0. The van der Waals surface area contributed by atoms with Crippen molar-refractivity contribution in [2.45, 2.75) is 19.9 Å². The molecule has 0 spiro atoms. The molecule has 25 heavy (non-hydrogen) atoms. The maximum absolute atomic E-state index is 11.0. The molecule has 6 heteroatoms. The van der Waals surface area contributed by atoms with Crippen molar-refractivity contribution in [1.82, 2.24) is 0 Å². The summed E-state index contributed by atoms with van der Waals surface area (Å²) in [5.74, 6) is 0. The molecular formula is C19H23ClN3O2+. The molecule has 1 fully saturated rings. The average molecular weight is 361 g/mol. The lowest BCUT2D eigenvalue weighted by atomic mass is 10.0. The third-order valence-corrected chi connectivity index (χ3v) is 5.35. The molecule has 1 aliphatic heterocycles. The van der Waals surface area contributed by atoms with Gasteiger partial charge in [0.05, 0.1) is 31.1 Å². The monoisotopic (exact) mass is 360 g/mol. The van der Waals surface area contributed by atoms with Crippen LogP contribution in [0, 0.1) is 17.0 Å². The van der Waals surface area contributed by atoms with E-state index in [0.717, 1.165) is 36.8 Å². The molecule has 0 radical (unpaired) electrons. The molecule has 1 saturated heterocycles. The minimum Gasteiger partial charge on any atom is -0.360 e. The number of hydrogen-bond acceptors (Lipinski definition) is 3. The number of rotatable bonds is 4. The normalized spacial score (nSPS) is 16.7. The zero-order chi connectivity index (χ0) is 18.0. The van der Waals surface area contributed by atoms with E-state index in [-0.39, 0.29) is 16.7 Å². The lowest BCUT2D eigenvalue weighted by Crippen LogP contribution is -3.14. The van der Waals surface area contributed by atoms with Gasteiger partial charge in [-0.3, -0.25) is 10.1 Å². The highest BCUT2D eigenvalue weighted by Gasteiger charge is 2.27. The Morgan fingerprint density at radius 1 is 1.20 bits per heavy atom. The van der Waals surface area contributed by atoms with E-state index in [4.69, 9.17) is 11.6 Å². The third-order valence-electron chi connectivity index (χ3n) is 5.11. The lowest BCUT2D eigenvalue weighted by molar-refractivity contribution is -0.930. The zero-order valence-electron chi connectivity index (χ0n) is 14.5. The minimum absolute atomic E-state index is 0.164. The lowest BCUT2D eigenvalue weighted by Gasteiger charge is -2.37. The number of quaternary nitrogens is 1. The van der Waals surface area contributed by atoms with Crippen LogP contribution in [0.4, 0.5) is 11.4 Å². The standard InChI is InChI=1S/C19H22ClN3O2/c1-14-6-7-17(20)13-19(14)22-10-8-21(9-11-22)15(2)16-4-3-5-18(12-16)23(24)25/h3-7,12-13,15H,8-11H2,1-2H3/p+1/t15-/m1/s1. The summed E-state index contributed by atoms with van der Waals surface area (Å²) in [4.78, 5) is 14.5. The second-order valence-corrected chi connectivity index (χ2v) is 7.09. The molecule has 0 aromatic heterocycles. The number of piperazine rings is 1. The van der Waals surface area contributed by atoms with Gasteiger partial charge in [0, 0.05) is 28.4 Å². The van der Waals surface area contributed by atoms with Gasteiger partial charge in [0.1, 0.15) is 6.04 Å². The average Bonchev–Trinajstić information content (AvgIpc) is 2.63. The number of nitrogens with zero attached hydrogens (tertiary/aromatic N) is 2. The Labute approximate surface area is 153 Å². The van der Waals surface area contributed by atoms with E-state index >= 15 is 0 Å². The predicted octanol–water partition coefficient (Wildman–Crippen LogP) is 3.02. The number of nitrogens with one attached hydrogen (secondary N) is 1. The van der Waals surface area contributed by atoms with Crippen LogP contribution in [0.2, 0.25) is 5.02 Å². The van der Waals surface area contributed by atoms with E-state index in [2.05, 4.69) is 24.8 Å². The van der Waals surface area contributed by atoms with Crippen LogP contribution in [0.15, 0.2) is 42.5 Å². The number of non-ortho nitro benzene ring substituents is 1. The van der Waals surface area contributed by atoms with Crippen molar-refractivity contribution in [3.05, 3.63) is 68.7 Å². The number of nitro benzene ring substituents is 1. The first-order chi connectivity index (χ1) is 12.0. The first kappa shape index (κ1) is 17.7. The van der Waals surface area contributed by atoms with Crippen molar-refractivity contribution in [3.63, 3.8) is 0 Å². The second-order valence-electron chi connectivity index (χ2n) is 6.65. The van der Waals surface area contributed by atoms with E-state index in [1.165, 1.54) is 16.2 Å². The van der Waals surface area contributed by atoms with Crippen molar-refractivity contribution >= 4 is 23.0 Å². The van der Waals surface area contributed by atoms with E-state index in [1.807, 2.05) is 18.2 Å². The third kappa shape index (κ3) is 3.94. The van der Waals surface area contributed by atoms with Crippen LogP contribution in [-0.2, 0) is 0 Å². The Morgan fingerprint density at radius 2 is 1.92 bits per heavy atom. The fraction of sp³-hybridized carbons (Fsp3) is 0.368. The Morgan fingerprint density at radius 3 is 2.60 bits per heavy atom. The molecule has 5 nitrogen and oxygen atoms in total. The largest absolute Gasteiger partial charge is 0.360 e. The summed E-state index contributed by atoms with van der Waals surface area (Å²) >= 11 is 6.15. The van der Waals surface area contributed by atoms with Crippen LogP contribution in [0.25, 0.3) is 0 Å². The van der Waals surface area contributed by atoms with Gasteiger partial charge >= 0.3 is 0 Å². The fourth-order valence-corrected chi connectivity index (χ4v) is 3.70. The number of anilines is 1. The van der Waals surface area contributed by atoms with Crippen molar-refractivity contribution < 1.29 is 9.82 Å². The van der Waals surface area contributed by atoms with Crippen molar-refractivity contribution in [1.29, 1.82) is 0 Å². The number of benzene rings is 2. The molecule has 3 rings (SSSR count). The van der Waals surface area contributed by atoms with Gasteiger partial charge in [0.15, 0.2) is 0 Å². The Hall–Kier alpha value is -2.11. The highest BCUT2D eigenvalue weighted by Crippen LogP contribution is 2.24. The van der Waals surface area contributed by atoms with Gasteiger partial charge in [-0.1, -0.05) is 29.8 Å². The minimum atomic E-state index is -0.328. The van der Waals surface area contributed by atoms with Gasteiger partial charge in [-0.2, -0.15) is 0 Å². The molecule has 0 bridgehead atoms. The quantitative estimate of drug-likeness (QED) is 0.673. The van der Waals surface area contributed by atoms with E-state index in [0.29, 0.717) is 0 Å². The summed E-state index contributed by atoms with van der Waals surface area (Å²) in [6.45, 7) is 8.16. The zero-order valence-corrected chi connectivity index (χ0v) is 15.3. The number of halogens is 1. The van der Waals surface area contributed by atoms with Crippen LogP contribution in [0.3, 0.4) is 0 Å². The van der Waals surface area contributed by atoms with Gasteiger partial charge in [-0.25, -0.2) is 0 Å². The van der Waals surface area contributed by atoms with Crippen LogP contribution in [-0.4, -0.2) is 31.1 Å². The topological polar surface area (TPSA) is 50.8 Å². The van der Waals surface area contributed by atoms with Crippen LogP contribution in [0.5, 0.6) is 0 Å². The molecule has 0 saturated carbocycles. The highest BCUT2D eigenvalue weighted by molar-refractivity contribution is 6.30. The predicted molar refractivity (Wildman–Crippen MR) is 101 cm³/mol. The maximum atomic E-state index is 11.0. The summed E-state index contributed by atoms with van der Waals surface area (Å²) in [6, 6.07) is 13.3. The maximum Gasteiger partial charge on any atom is 0.269 e. The van der Waals surface area contributed by atoms with Crippen molar-refractivity contribution in [2.75, 3.05) is 31.1 Å². The molecule has 2 aromatic carbocycles. The van der Waals surface area contributed by atoms with Crippen molar-refractivity contribution in [3.8, 4) is 0 Å². The summed E-state index contributed by atoms with van der Waals surface area (Å²) in [6.07, 6.45) is 0. The Kier molecular flexibility index (Phi) is 5.25. The first-order valence-corrected chi connectivity index (χ1v) is 8.93. The Bertz CT molecular complexity index is 773. The number of aryl methyl sites for hydroxylation is 1. The van der Waals surface area contributed by atoms with Crippen LogP contribution in [0.1, 0.15) is 24.1 Å². The molecule has 0 amide bonds. The van der Waals surface area contributed by atoms with Crippen LogP contribution < -0.4 is 9.80 Å². The van der Waals surface area contributed by atoms with Crippen LogP contribution >= 0.6 is 11.6 Å². The molecule has 1 heterocycles. The molecule has 0 unspecified atom stereocenters. The smallest absolute Gasteiger partial charge is 0.269 e. The summed E-state index contributed by atoms with van der Waals surface area (Å²) in [7, 11) is 0. The first-order valence-electron chi connectivity index (χ1n) is 8.56. The molecule has 1 atom stereocenters. The van der Waals surface area contributed by atoms with Gasteiger partial charge in [0.25, 0.3) is 5.69 Å². The second kappa shape index (κ2) is 7.42. The molecule has 2 aromatic rings. The summed E-state index contributed by atoms with van der Waals surface area (Å²) in [5.41, 5.74) is 3.63. The van der Waals surface area contributed by atoms with E-state index in [9.17, 15) is 10.1 Å². The van der Waals surface area contributed by atoms with Gasteiger partial charge in [0.2, 0.25) is 0 Å². The SMILES string of the molecule is Cc1ccc(Cl)cc1N1CC[NH+]([C@H](C)c2cccc([N+](=O)[O-])c2)CC1. The molecule has 0 aliphatic carbocycles. The van der Waals surface area contributed by atoms with Crippen molar-refractivity contribution in [2.24, 2.45) is 0 Å². The van der Waals surface area contributed by atoms with Gasteiger partial charge in [-0.05, 0) is 31.5 Å². The van der Waals surface area contributed by atoms with E-state index < -0.39 is 0 Å². The molecular weight excluding hydrogens is 338 g/mol.